The third kappa shape index (κ3) is 6.67. The molecule has 0 spiro atoms. The van der Waals surface area contributed by atoms with Crippen LogP contribution in [0.25, 0.3) is 54.1 Å². The highest BCUT2D eigenvalue weighted by Crippen LogP contribution is 2.38. The fourth-order valence-corrected chi connectivity index (χ4v) is 9.01. The van der Waals surface area contributed by atoms with E-state index in [2.05, 4.69) is 97.7 Å². The summed E-state index contributed by atoms with van der Waals surface area (Å²) in [4.78, 5) is 0. The second-order valence-electron chi connectivity index (χ2n) is 12.8. The van der Waals surface area contributed by atoms with Crippen LogP contribution in [0.3, 0.4) is 0 Å². The molecule has 0 radical (unpaired) electrons. The van der Waals surface area contributed by atoms with E-state index in [9.17, 15) is 0 Å². The quantitative estimate of drug-likeness (QED) is 0.0603. The number of aryl methyl sites for hydroxylation is 2. The molecule has 0 fully saturated rings. The predicted octanol–water partition coefficient (Wildman–Crippen LogP) is 13.0. The summed E-state index contributed by atoms with van der Waals surface area (Å²) in [5.41, 5.74) is 2.67. The van der Waals surface area contributed by atoms with E-state index in [0.29, 0.717) is 0 Å². The summed E-state index contributed by atoms with van der Waals surface area (Å²) in [6.07, 6.45) is 16.3. The van der Waals surface area contributed by atoms with Gasteiger partial charge in [0, 0.05) is 35.9 Å². The molecule has 6 rings (SSSR count). The fourth-order valence-electron chi connectivity index (χ4n) is 6.89. The van der Waals surface area contributed by atoms with E-state index in [-0.39, 0.29) is 0 Å². The summed E-state index contributed by atoms with van der Waals surface area (Å²) in [6, 6.07) is 23.8. The molecule has 0 aliphatic heterocycles. The highest BCUT2D eigenvalue weighted by Gasteiger charge is 2.13. The van der Waals surface area contributed by atoms with Crippen molar-refractivity contribution in [3.8, 4) is 0 Å². The molecule has 0 unspecified atom stereocenters. The minimum atomic E-state index is 1.21. The first-order valence-corrected chi connectivity index (χ1v) is 19.2. The lowest BCUT2D eigenvalue weighted by Gasteiger charge is -2.10. The summed E-state index contributed by atoms with van der Waals surface area (Å²) in [7, 11) is 4.49. The summed E-state index contributed by atoms with van der Waals surface area (Å²) < 4.78 is 4.82. The Morgan fingerprint density at radius 1 is 0.432 bits per heavy atom. The number of fused-ring (bicyclic) bond motifs is 7. The fraction of sp³-hybridized carbons (Fsp3) is 0.450. The molecule has 2 nitrogen and oxygen atoms in total. The Hall–Kier alpha value is -2.56. The molecule has 0 aliphatic carbocycles. The van der Waals surface area contributed by atoms with Gasteiger partial charge in [-0.3, -0.25) is 0 Å². The van der Waals surface area contributed by atoms with Gasteiger partial charge in [-0.25, -0.2) is 0 Å². The number of hydrogen-bond donors (Lipinski definition) is 0. The Morgan fingerprint density at radius 3 is 1.27 bits per heavy atom. The second kappa shape index (κ2) is 14.7. The molecule has 0 saturated heterocycles. The van der Waals surface area contributed by atoms with E-state index in [1.165, 1.54) is 153 Å². The third-order valence-corrected chi connectivity index (χ3v) is 11.9. The van der Waals surface area contributed by atoms with Crippen LogP contribution >= 0.6 is 23.5 Å². The molecule has 4 heteroatoms. The number of unbranched alkanes of at least 4 members (excludes halogenated alkanes) is 10. The third-order valence-electron chi connectivity index (χ3n) is 9.56. The van der Waals surface area contributed by atoms with Crippen LogP contribution in [-0.2, 0) is 14.1 Å². The zero-order chi connectivity index (χ0) is 30.5. The van der Waals surface area contributed by atoms with Crippen LogP contribution < -0.4 is 0 Å². The van der Waals surface area contributed by atoms with Crippen LogP contribution in [0.1, 0.15) is 90.9 Å². The van der Waals surface area contributed by atoms with Gasteiger partial charge in [0.1, 0.15) is 0 Å². The van der Waals surface area contributed by atoms with Gasteiger partial charge in [0.05, 0.1) is 10.1 Å². The van der Waals surface area contributed by atoms with E-state index >= 15 is 0 Å². The van der Waals surface area contributed by atoms with E-state index in [1.54, 1.807) is 0 Å². The van der Waals surface area contributed by atoms with E-state index in [0.717, 1.165) is 0 Å². The topological polar surface area (TPSA) is 9.86 Å². The molecule has 0 saturated carbocycles. The van der Waals surface area contributed by atoms with Gasteiger partial charge in [-0.05, 0) is 93.1 Å². The predicted molar refractivity (Wildman–Crippen MR) is 200 cm³/mol. The van der Waals surface area contributed by atoms with Crippen LogP contribution in [0.4, 0.5) is 0 Å². The molecule has 4 aromatic carbocycles. The molecule has 44 heavy (non-hydrogen) atoms. The number of nitrogens with zero attached hydrogens (tertiary/aromatic N) is 2. The molecule has 0 N–H and O–H groups in total. The highest BCUT2D eigenvalue weighted by molar-refractivity contribution is 7.99. The number of hydrogen-bond acceptors (Lipinski definition) is 2. The van der Waals surface area contributed by atoms with Crippen LogP contribution in [0.2, 0.25) is 0 Å². The normalized spacial score (nSPS) is 12.2. The van der Waals surface area contributed by atoms with Crippen molar-refractivity contribution in [3.05, 3.63) is 60.7 Å². The van der Waals surface area contributed by atoms with Gasteiger partial charge in [-0.2, -0.15) is 0 Å². The smallest absolute Gasteiger partial charge is 0.0756 e. The van der Waals surface area contributed by atoms with Gasteiger partial charge in [-0.1, -0.05) is 102 Å². The summed E-state index contributed by atoms with van der Waals surface area (Å²) in [5.74, 6) is 2.41. The Labute approximate surface area is 272 Å². The van der Waals surface area contributed by atoms with Gasteiger partial charge >= 0.3 is 0 Å². The molecule has 2 aromatic heterocycles. The molecule has 0 aliphatic rings. The van der Waals surface area contributed by atoms with Gasteiger partial charge in [0.25, 0.3) is 0 Å². The SMILES string of the molecule is CCCCCCCCSc1cc2cc3ccc4c5cc6c(cc(SCCCCCCCC)n6C)cc5ccc4c3cc2n1C. The lowest BCUT2D eigenvalue weighted by Crippen LogP contribution is -1.91. The Balaban J connectivity index is 1.25. The average Bonchev–Trinajstić information content (AvgIpc) is 3.51. The van der Waals surface area contributed by atoms with Crippen LogP contribution in [-0.4, -0.2) is 20.6 Å². The monoisotopic (exact) mass is 622 g/mol. The molecule has 0 amide bonds. The maximum absolute atomic E-state index is 2.44. The minimum Gasteiger partial charge on any atom is -0.339 e. The van der Waals surface area contributed by atoms with Crippen molar-refractivity contribution < 1.29 is 0 Å². The maximum Gasteiger partial charge on any atom is 0.0756 e. The second-order valence-corrected chi connectivity index (χ2v) is 15.0. The molecule has 232 valence electrons. The van der Waals surface area contributed by atoms with E-state index in [4.69, 9.17) is 0 Å². The number of benzene rings is 4. The summed E-state index contributed by atoms with van der Waals surface area (Å²) >= 11 is 4.04. The summed E-state index contributed by atoms with van der Waals surface area (Å²) in [6.45, 7) is 4.58. The molecule has 2 heterocycles. The highest BCUT2D eigenvalue weighted by atomic mass is 32.2. The van der Waals surface area contributed by atoms with Crippen molar-refractivity contribution in [1.29, 1.82) is 0 Å². The lowest BCUT2D eigenvalue weighted by molar-refractivity contribution is 0.627. The Bertz CT molecular complexity index is 1740. The molecular weight excluding hydrogens is 573 g/mol. The summed E-state index contributed by atoms with van der Waals surface area (Å²) in [5, 5.41) is 13.5. The van der Waals surface area contributed by atoms with Gasteiger partial charge in [0.2, 0.25) is 0 Å². The first-order valence-electron chi connectivity index (χ1n) is 17.2. The van der Waals surface area contributed by atoms with Crippen LogP contribution in [0.15, 0.2) is 70.7 Å². The van der Waals surface area contributed by atoms with Crippen molar-refractivity contribution in [2.24, 2.45) is 14.1 Å². The van der Waals surface area contributed by atoms with Crippen molar-refractivity contribution in [1.82, 2.24) is 9.13 Å². The van der Waals surface area contributed by atoms with E-state index < -0.39 is 0 Å². The van der Waals surface area contributed by atoms with Gasteiger partial charge in [-0.15, -0.1) is 23.5 Å². The number of rotatable bonds is 16. The molecule has 6 aromatic rings. The molecule has 0 atom stereocenters. The average molecular weight is 623 g/mol. The van der Waals surface area contributed by atoms with Crippen molar-refractivity contribution in [2.75, 3.05) is 11.5 Å². The minimum absolute atomic E-state index is 1.21. The number of aromatic nitrogens is 2. The lowest BCUT2D eigenvalue weighted by atomic mass is 9.96. The first kappa shape index (κ1) is 31.4. The zero-order valence-corrected chi connectivity index (χ0v) is 29.0. The molecule has 0 bridgehead atoms. The molecular formula is C40H50N2S2. The van der Waals surface area contributed by atoms with Gasteiger partial charge in [0.15, 0.2) is 0 Å². The number of thioether (sulfide) groups is 2. The Morgan fingerprint density at radius 2 is 0.841 bits per heavy atom. The van der Waals surface area contributed by atoms with Crippen molar-refractivity contribution in [3.63, 3.8) is 0 Å². The standard InChI is InChI=1S/C40H50N2S2/c1-5-7-9-11-13-15-21-43-39-25-31-23-29-17-19-34-33(35(29)27-37(31)41(39)3)20-18-30-24-32-26-40(42(4)38(32)28-36(30)34)44-22-16-14-12-10-8-6-2/h17-20,23-28H,5-16,21-22H2,1-4H3. The van der Waals surface area contributed by atoms with Gasteiger partial charge < -0.3 is 9.13 Å². The Kier molecular flexibility index (Phi) is 10.5. The van der Waals surface area contributed by atoms with E-state index in [1.807, 2.05) is 23.5 Å². The van der Waals surface area contributed by atoms with Crippen LogP contribution in [0, 0.1) is 0 Å². The first-order chi connectivity index (χ1) is 21.6. The zero-order valence-electron chi connectivity index (χ0n) is 27.4. The van der Waals surface area contributed by atoms with Crippen LogP contribution in [0.5, 0.6) is 0 Å². The van der Waals surface area contributed by atoms with Crippen molar-refractivity contribution >= 4 is 77.6 Å². The largest absolute Gasteiger partial charge is 0.339 e. The van der Waals surface area contributed by atoms with Crippen molar-refractivity contribution in [2.45, 2.75) is 101 Å². The maximum atomic E-state index is 2.44.